The van der Waals surface area contributed by atoms with Gasteiger partial charge < -0.3 is 28.8 Å². The number of H-pyrrole nitrogens is 1. The highest BCUT2D eigenvalue weighted by Crippen LogP contribution is 2.48. The summed E-state index contributed by atoms with van der Waals surface area (Å²) in [4.78, 5) is 62.6. The van der Waals surface area contributed by atoms with Crippen LogP contribution in [0.2, 0.25) is 13.6 Å². The van der Waals surface area contributed by atoms with Gasteiger partial charge in [0.15, 0.2) is 30.3 Å². The van der Waals surface area contributed by atoms with Crippen LogP contribution in [0.1, 0.15) is 121 Å². The lowest BCUT2D eigenvalue weighted by Crippen LogP contribution is -2.27. The number of aryl methyl sites for hydroxylation is 3. The molecule has 0 saturated carbocycles. The predicted molar refractivity (Wildman–Crippen MR) is 312 cm³/mol. The van der Waals surface area contributed by atoms with Crippen molar-refractivity contribution in [1.82, 2.24) is 4.98 Å². The Morgan fingerprint density at radius 3 is 1.76 bits per heavy atom. The first kappa shape index (κ1) is 62.7. The molecule has 402 valence electrons. The smallest absolute Gasteiger partial charge is 0.468 e. The predicted octanol–water partition coefficient (Wildman–Crippen LogP) is 13.9. The van der Waals surface area contributed by atoms with E-state index < -0.39 is 0 Å². The van der Waals surface area contributed by atoms with E-state index >= 15 is 0 Å². The van der Waals surface area contributed by atoms with Gasteiger partial charge in [-0.05, 0) is 150 Å². The first-order valence-electron chi connectivity index (χ1n) is 26.0. The second-order valence-electron chi connectivity index (χ2n) is 18.0. The quantitative estimate of drug-likeness (QED) is 0.0513. The Morgan fingerprint density at radius 2 is 1.29 bits per heavy atom. The van der Waals surface area contributed by atoms with Crippen LogP contribution in [-0.2, 0) is 30.3 Å². The molecule has 0 amide bonds. The molecular weight excluding hydrogens is 954 g/mol. The van der Waals surface area contributed by atoms with Gasteiger partial charge in [-0.2, -0.15) is 0 Å². The van der Waals surface area contributed by atoms with E-state index in [2.05, 4.69) is 67.2 Å². The number of aldehydes is 3. The summed E-state index contributed by atoms with van der Waals surface area (Å²) >= 11 is 0. The molecule has 0 aliphatic carbocycles. The molecule has 2 aliphatic heterocycles. The van der Waals surface area contributed by atoms with Crippen molar-refractivity contribution in [2.24, 2.45) is 0 Å². The number of ether oxygens (including phenoxy) is 4. The van der Waals surface area contributed by atoms with E-state index in [9.17, 15) is 24.0 Å². The number of allylic oxidation sites excluding steroid dienone is 2. The van der Waals surface area contributed by atoms with Gasteiger partial charge in [-0.3, -0.25) is 28.5 Å². The Labute approximate surface area is 451 Å². The Balaban J connectivity index is 0.000000368. The van der Waals surface area contributed by atoms with Crippen LogP contribution in [-0.4, -0.2) is 87.7 Å². The van der Waals surface area contributed by atoms with Crippen LogP contribution in [0.25, 0.3) is 27.5 Å². The zero-order chi connectivity index (χ0) is 57.0. The van der Waals surface area contributed by atoms with Crippen molar-refractivity contribution in [3.05, 3.63) is 158 Å². The maximum atomic E-state index is 12.9. The number of hydrogen-bond donors (Lipinski definition) is 1. The number of aromatic amines is 1. The summed E-state index contributed by atoms with van der Waals surface area (Å²) in [7, 11) is 5.66. The number of anilines is 1. The highest BCUT2D eigenvalue weighted by Gasteiger charge is 2.40. The van der Waals surface area contributed by atoms with Crippen LogP contribution in [0.3, 0.4) is 0 Å². The van der Waals surface area contributed by atoms with Crippen molar-refractivity contribution in [2.45, 2.75) is 110 Å². The average molecular weight is 1030 g/mol. The Bertz CT molecular complexity index is 3060. The van der Waals surface area contributed by atoms with E-state index in [0.717, 1.165) is 115 Å². The standard InChI is InChI=1S/C35H42BN3O3.C18H10O3.C3H6O2.C3H8O.2C2H6/c1-20-16-29(42-31(41)18-27-12-14-28(15-13-27)38(10)11)17-21(2)32(20)33(34-23(4)22(3)25(6)37-34)35-24(5)30(19-40)26(7)39(35)36(8)9;19-9-11-5-7-14-13-3-1-2-4-15(13)21-16-8-6-12(10-20)17(11)18(14)16;1-2-5-3-4;1-3-4-2;2*1-2/h12-17,19H,18H2,1-11H3;1-10H;3H,2H2,1H3;3H2,1-2H3;2*1-2H3/p+1. The number of nitrogens with one attached hydrogen (secondary N) is 1. The van der Waals surface area contributed by atoms with Gasteiger partial charge in [0.25, 0.3) is 6.47 Å². The van der Waals surface area contributed by atoms with Gasteiger partial charge >= 0.3 is 12.8 Å². The number of fused-ring (bicyclic) bond motifs is 2. The number of nitrogens with zero attached hydrogens (tertiary/aromatic N) is 2. The van der Waals surface area contributed by atoms with Gasteiger partial charge in [-0.1, -0.05) is 70.2 Å². The zero-order valence-electron chi connectivity index (χ0n) is 48.2. The van der Waals surface area contributed by atoms with E-state index in [0.29, 0.717) is 41.1 Å². The molecule has 1 N–H and O–H groups in total. The fourth-order valence-corrected chi connectivity index (χ4v) is 9.07. The molecule has 2 aliphatic rings. The summed E-state index contributed by atoms with van der Waals surface area (Å²) in [6.45, 7) is 32.4. The maximum absolute atomic E-state index is 12.9. The fourth-order valence-electron chi connectivity index (χ4n) is 9.07. The number of hydrogen-bond acceptors (Lipinski definition) is 10. The lowest BCUT2D eigenvalue weighted by molar-refractivity contribution is -0.319. The van der Waals surface area contributed by atoms with Crippen molar-refractivity contribution in [1.29, 1.82) is 0 Å². The van der Waals surface area contributed by atoms with Crippen molar-refractivity contribution in [2.75, 3.05) is 39.3 Å². The van der Waals surface area contributed by atoms with Crippen LogP contribution in [0.4, 0.5) is 5.69 Å². The third-order valence-electron chi connectivity index (χ3n) is 12.8. The topological polar surface area (TPSA) is 144 Å². The molecule has 0 atom stereocenters. The lowest BCUT2D eigenvalue weighted by Gasteiger charge is -2.22. The van der Waals surface area contributed by atoms with Crippen molar-refractivity contribution >= 4 is 65.9 Å². The number of rotatable bonds is 13. The van der Waals surface area contributed by atoms with Gasteiger partial charge in [0.2, 0.25) is 0 Å². The second kappa shape index (κ2) is 30.1. The minimum absolute atomic E-state index is 0.146. The summed E-state index contributed by atoms with van der Waals surface area (Å²) in [5, 5.41) is 1.48. The molecule has 0 radical (unpaired) electrons. The molecular formula is C63H79BN3O9+. The van der Waals surface area contributed by atoms with E-state index in [1.807, 2.05) is 134 Å². The van der Waals surface area contributed by atoms with E-state index in [4.69, 9.17) is 9.47 Å². The third-order valence-corrected chi connectivity index (χ3v) is 12.8. The molecule has 13 heteroatoms. The first-order chi connectivity index (χ1) is 36.4. The van der Waals surface area contributed by atoms with Gasteiger partial charge in [0, 0.05) is 79.2 Å². The van der Waals surface area contributed by atoms with Crippen molar-refractivity contribution in [3.63, 3.8) is 0 Å². The summed E-state index contributed by atoms with van der Waals surface area (Å²) < 4.78 is 22.7. The summed E-state index contributed by atoms with van der Waals surface area (Å²) in [6, 6.07) is 26.7. The van der Waals surface area contributed by atoms with Gasteiger partial charge in [-0.15, -0.1) is 0 Å². The normalized spacial score (nSPS) is 12.2. The van der Waals surface area contributed by atoms with Crippen molar-refractivity contribution < 1.29 is 47.4 Å². The van der Waals surface area contributed by atoms with Crippen LogP contribution >= 0.6 is 0 Å². The molecule has 0 fully saturated rings. The molecule has 8 rings (SSSR count). The van der Waals surface area contributed by atoms with E-state index in [1.54, 1.807) is 32.2 Å². The number of methoxy groups -OCH3 is 1. The first-order valence-corrected chi connectivity index (χ1v) is 26.0. The highest BCUT2D eigenvalue weighted by molar-refractivity contribution is 6.49. The molecule has 12 nitrogen and oxygen atoms in total. The van der Waals surface area contributed by atoms with E-state index in [-0.39, 0.29) is 19.2 Å². The molecule has 3 heterocycles. The van der Waals surface area contributed by atoms with Crippen LogP contribution in [0.15, 0.2) is 102 Å². The monoisotopic (exact) mass is 1030 g/mol. The fraction of sp³-hybridized carbons (Fsp3) is 0.333. The largest absolute Gasteiger partial charge is 0.483 e. The van der Waals surface area contributed by atoms with Crippen LogP contribution < -0.4 is 14.4 Å². The summed E-state index contributed by atoms with van der Waals surface area (Å²) in [6.07, 6.45) is 2.71. The Hall–Kier alpha value is -7.64. The zero-order valence-corrected chi connectivity index (χ0v) is 48.2. The second-order valence-corrected chi connectivity index (χ2v) is 18.0. The Kier molecular flexibility index (Phi) is 24.8. The molecule has 76 heavy (non-hydrogen) atoms. The number of esters is 1. The molecule has 5 aromatic carbocycles. The molecule has 0 saturated heterocycles. The number of benzene rings is 5. The number of carbonyl (C=O) groups excluding carboxylic acids is 5. The molecule has 6 aromatic rings. The van der Waals surface area contributed by atoms with Crippen LogP contribution in [0, 0.1) is 34.6 Å². The van der Waals surface area contributed by atoms with Gasteiger partial charge in [-0.25, -0.2) is 0 Å². The summed E-state index contributed by atoms with van der Waals surface area (Å²) in [5.41, 5.74) is 17.3. The van der Waals surface area contributed by atoms with Crippen molar-refractivity contribution in [3.8, 4) is 28.4 Å². The minimum Gasteiger partial charge on any atom is -0.468 e. The van der Waals surface area contributed by atoms with Gasteiger partial charge in [0.1, 0.15) is 17.2 Å². The van der Waals surface area contributed by atoms with Gasteiger partial charge in [0.05, 0.1) is 29.9 Å². The molecule has 0 spiro atoms. The average Bonchev–Trinajstić information content (AvgIpc) is 3.83. The molecule has 0 unspecified atom stereocenters. The van der Waals surface area contributed by atoms with E-state index in [1.165, 1.54) is 11.1 Å². The summed E-state index contributed by atoms with van der Waals surface area (Å²) in [5.74, 6) is 1.68. The number of carbonyl (C=O) groups is 5. The third kappa shape index (κ3) is 14.4. The Morgan fingerprint density at radius 1 is 0.711 bits per heavy atom. The highest BCUT2D eigenvalue weighted by atomic mass is 16.5. The number of aromatic nitrogens is 1. The maximum Gasteiger partial charge on any atom is 0.483 e. The molecule has 1 aromatic heterocycles. The lowest BCUT2D eigenvalue weighted by atomic mass is 9.66. The minimum atomic E-state index is -0.300. The SMILES string of the molecule is CB(C)[N+]1=C(C)C(C=O)=C(C)/C1=C(/c1[nH]c(C)c(C)c1C)c1c(C)cc(OC(=O)Cc2ccc(N(C)C)cc2)cc1C.CC.CC.CCOC.CCOC=O.O=Cc1ccc2c3c(ccc(C=O)c13)-c1ccccc1O2. The van der Waals surface area contributed by atoms with Crippen LogP contribution in [0.5, 0.6) is 17.2 Å². The number of para-hydroxylation sites is 1. The molecule has 0 bridgehead atoms.